The van der Waals surface area contributed by atoms with Crippen LogP contribution >= 0.6 is 0 Å². The number of rotatable bonds is 7. The number of alkyl halides is 2. The van der Waals surface area contributed by atoms with Gasteiger partial charge in [-0.15, -0.1) is 0 Å². The van der Waals surface area contributed by atoms with Gasteiger partial charge in [0, 0.05) is 6.54 Å². The van der Waals surface area contributed by atoms with Crippen LogP contribution in [0.3, 0.4) is 0 Å². The SMILES string of the molecule is O=S(=O)(Cc1ccc(F)cc1)N(CCO)CC(F)F. The number of benzene rings is 1. The fourth-order valence-corrected chi connectivity index (χ4v) is 2.99. The van der Waals surface area contributed by atoms with Gasteiger partial charge in [-0.2, -0.15) is 4.31 Å². The van der Waals surface area contributed by atoms with Gasteiger partial charge < -0.3 is 5.11 Å². The Balaban J connectivity index is 2.84. The lowest BCUT2D eigenvalue weighted by Gasteiger charge is -2.20. The van der Waals surface area contributed by atoms with E-state index in [0.717, 1.165) is 12.1 Å². The Labute approximate surface area is 109 Å². The number of hydrogen-bond acceptors (Lipinski definition) is 3. The highest BCUT2D eigenvalue weighted by molar-refractivity contribution is 7.88. The van der Waals surface area contributed by atoms with E-state index in [1.165, 1.54) is 12.1 Å². The minimum atomic E-state index is -3.97. The molecule has 0 radical (unpaired) electrons. The zero-order valence-electron chi connectivity index (χ0n) is 9.97. The van der Waals surface area contributed by atoms with Crippen LogP contribution in [0.25, 0.3) is 0 Å². The third-order valence-corrected chi connectivity index (χ3v) is 4.16. The maximum absolute atomic E-state index is 12.7. The zero-order valence-corrected chi connectivity index (χ0v) is 10.8. The maximum Gasteiger partial charge on any atom is 0.252 e. The summed E-state index contributed by atoms with van der Waals surface area (Å²) in [7, 11) is -3.97. The van der Waals surface area contributed by atoms with Crippen LogP contribution in [-0.4, -0.2) is 44.0 Å². The summed E-state index contributed by atoms with van der Waals surface area (Å²) in [5.74, 6) is -1.03. The molecule has 108 valence electrons. The van der Waals surface area contributed by atoms with Crippen LogP contribution in [0, 0.1) is 5.82 Å². The summed E-state index contributed by atoms with van der Waals surface area (Å²) in [4.78, 5) is 0. The molecule has 0 heterocycles. The summed E-state index contributed by atoms with van der Waals surface area (Å²) < 4.78 is 61.6. The molecule has 0 saturated heterocycles. The van der Waals surface area contributed by atoms with Crippen molar-refractivity contribution in [2.75, 3.05) is 19.7 Å². The van der Waals surface area contributed by atoms with E-state index in [1.54, 1.807) is 0 Å². The van der Waals surface area contributed by atoms with Crippen molar-refractivity contribution in [1.82, 2.24) is 4.31 Å². The molecule has 1 rings (SSSR count). The molecule has 19 heavy (non-hydrogen) atoms. The first-order valence-electron chi connectivity index (χ1n) is 5.46. The topological polar surface area (TPSA) is 57.6 Å². The van der Waals surface area contributed by atoms with Crippen molar-refractivity contribution in [3.05, 3.63) is 35.6 Å². The molecule has 0 amide bonds. The van der Waals surface area contributed by atoms with Crippen molar-refractivity contribution in [1.29, 1.82) is 0 Å². The first kappa shape index (κ1) is 15.9. The molecule has 8 heteroatoms. The summed E-state index contributed by atoms with van der Waals surface area (Å²) in [6.07, 6.45) is -2.82. The lowest BCUT2D eigenvalue weighted by molar-refractivity contribution is 0.113. The van der Waals surface area contributed by atoms with Crippen LogP contribution in [0.1, 0.15) is 5.56 Å². The second-order valence-corrected chi connectivity index (χ2v) is 5.82. The molecule has 0 bridgehead atoms. The molecule has 1 N–H and O–H groups in total. The third kappa shape index (κ3) is 5.17. The summed E-state index contributed by atoms with van der Waals surface area (Å²) >= 11 is 0. The van der Waals surface area contributed by atoms with Crippen LogP contribution in [0.2, 0.25) is 0 Å². The predicted molar refractivity (Wildman–Crippen MR) is 63.7 cm³/mol. The summed E-state index contributed by atoms with van der Waals surface area (Å²) in [6, 6.07) is 4.72. The van der Waals surface area contributed by atoms with E-state index in [-0.39, 0.29) is 0 Å². The third-order valence-electron chi connectivity index (χ3n) is 2.35. The largest absolute Gasteiger partial charge is 0.395 e. The van der Waals surface area contributed by atoms with E-state index < -0.39 is 47.7 Å². The Morgan fingerprint density at radius 2 is 1.79 bits per heavy atom. The highest BCUT2D eigenvalue weighted by Gasteiger charge is 2.25. The molecule has 1 aromatic carbocycles. The van der Waals surface area contributed by atoms with Gasteiger partial charge in [-0.25, -0.2) is 21.6 Å². The van der Waals surface area contributed by atoms with Crippen LogP contribution in [0.5, 0.6) is 0 Å². The average Bonchev–Trinajstić information content (AvgIpc) is 2.31. The Hall–Kier alpha value is -1.12. The number of halogens is 3. The molecule has 0 spiro atoms. The standard InChI is InChI=1S/C11H14F3NO3S/c12-10-3-1-9(2-4-10)8-19(17,18)15(5-6-16)7-11(13)14/h1-4,11,16H,5-8H2. The average molecular weight is 297 g/mol. The highest BCUT2D eigenvalue weighted by Crippen LogP contribution is 2.13. The molecular formula is C11H14F3NO3S. The van der Waals surface area contributed by atoms with Crippen molar-refractivity contribution < 1.29 is 26.7 Å². The number of nitrogens with zero attached hydrogens (tertiary/aromatic N) is 1. The molecule has 0 aliphatic rings. The van der Waals surface area contributed by atoms with Crippen LogP contribution in [0.15, 0.2) is 24.3 Å². The van der Waals surface area contributed by atoms with E-state index in [1.807, 2.05) is 0 Å². The van der Waals surface area contributed by atoms with Crippen molar-refractivity contribution >= 4 is 10.0 Å². The Bertz CT molecular complexity index is 490. The second-order valence-electron chi connectivity index (χ2n) is 3.86. The Morgan fingerprint density at radius 3 is 2.26 bits per heavy atom. The van der Waals surface area contributed by atoms with Crippen LogP contribution < -0.4 is 0 Å². The molecule has 0 aliphatic heterocycles. The van der Waals surface area contributed by atoms with E-state index >= 15 is 0 Å². The van der Waals surface area contributed by atoms with Crippen molar-refractivity contribution in [2.45, 2.75) is 12.2 Å². The zero-order chi connectivity index (χ0) is 14.5. The Kier molecular flexibility index (Phi) is 5.77. The van der Waals surface area contributed by atoms with Gasteiger partial charge in [-0.1, -0.05) is 12.1 Å². The summed E-state index contributed by atoms with van der Waals surface area (Å²) in [5, 5.41) is 8.71. The summed E-state index contributed by atoms with van der Waals surface area (Å²) in [6.45, 7) is -1.91. The van der Waals surface area contributed by atoms with E-state index in [2.05, 4.69) is 0 Å². The van der Waals surface area contributed by atoms with Crippen LogP contribution in [0.4, 0.5) is 13.2 Å². The molecule has 4 nitrogen and oxygen atoms in total. The molecule has 0 aliphatic carbocycles. The number of aliphatic hydroxyl groups excluding tert-OH is 1. The Morgan fingerprint density at radius 1 is 1.21 bits per heavy atom. The van der Waals surface area contributed by atoms with Gasteiger partial charge in [0.2, 0.25) is 10.0 Å². The molecule has 1 aromatic rings. The van der Waals surface area contributed by atoms with Crippen LogP contribution in [-0.2, 0) is 15.8 Å². The van der Waals surface area contributed by atoms with Crippen molar-refractivity contribution in [3.63, 3.8) is 0 Å². The smallest absolute Gasteiger partial charge is 0.252 e. The highest BCUT2D eigenvalue weighted by atomic mass is 32.2. The van der Waals surface area contributed by atoms with Gasteiger partial charge in [0.05, 0.1) is 18.9 Å². The fraction of sp³-hybridized carbons (Fsp3) is 0.455. The van der Waals surface area contributed by atoms with Gasteiger partial charge in [-0.3, -0.25) is 0 Å². The van der Waals surface area contributed by atoms with E-state index in [4.69, 9.17) is 5.11 Å². The molecular weight excluding hydrogens is 283 g/mol. The molecule has 0 unspecified atom stereocenters. The minimum Gasteiger partial charge on any atom is -0.395 e. The maximum atomic E-state index is 12.7. The number of sulfonamides is 1. The van der Waals surface area contributed by atoms with Crippen molar-refractivity contribution in [2.24, 2.45) is 0 Å². The van der Waals surface area contributed by atoms with Gasteiger partial charge >= 0.3 is 0 Å². The van der Waals surface area contributed by atoms with Gasteiger partial charge in [0.25, 0.3) is 6.43 Å². The van der Waals surface area contributed by atoms with Gasteiger partial charge in [0.15, 0.2) is 0 Å². The quantitative estimate of drug-likeness (QED) is 0.823. The van der Waals surface area contributed by atoms with Gasteiger partial charge in [0.1, 0.15) is 5.82 Å². The first-order valence-corrected chi connectivity index (χ1v) is 7.07. The van der Waals surface area contributed by atoms with Gasteiger partial charge in [-0.05, 0) is 17.7 Å². The first-order chi connectivity index (χ1) is 8.85. The predicted octanol–water partition coefficient (Wildman–Crippen LogP) is 1.21. The normalized spacial score (nSPS) is 12.3. The molecule has 0 atom stereocenters. The fourth-order valence-electron chi connectivity index (χ4n) is 1.49. The summed E-state index contributed by atoms with van der Waals surface area (Å²) in [5.41, 5.74) is 0.290. The number of aliphatic hydroxyl groups is 1. The minimum absolute atomic E-state index is 0.290. The monoisotopic (exact) mass is 297 g/mol. The molecule has 0 saturated carbocycles. The van der Waals surface area contributed by atoms with Crippen molar-refractivity contribution in [3.8, 4) is 0 Å². The van der Waals surface area contributed by atoms with E-state index in [9.17, 15) is 21.6 Å². The molecule has 0 aromatic heterocycles. The second kappa shape index (κ2) is 6.88. The molecule has 0 fully saturated rings. The van der Waals surface area contributed by atoms with E-state index in [0.29, 0.717) is 9.87 Å². The lowest BCUT2D eigenvalue weighted by atomic mass is 10.2. The number of hydrogen-bond donors (Lipinski definition) is 1. The lowest BCUT2D eigenvalue weighted by Crippen LogP contribution is -2.38.